The van der Waals surface area contributed by atoms with Gasteiger partial charge in [-0.3, -0.25) is 13.9 Å². The van der Waals surface area contributed by atoms with Crippen LogP contribution in [0.25, 0.3) is 0 Å². The maximum absolute atomic E-state index is 13.7. The first-order valence-corrected chi connectivity index (χ1v) is 16.9. The highest BCUT2D eigenvalue weighted by Crippen LogP contribution is 2.26. The second-order valence-electron chi connectivity index (χ2n) is 10.4. The first-order chi connectivity index (χ1) is 19.5. The van der Waals surface area contributed by atoms with Crippen LogP contribution in [0.3, 0.4) is 0 Å². The number of rotatable bonds is 14. The molecular formula is C30H41Cl2N3O5S. The Morgan fingerprint density at radius 1 is 1.02 bits per heavy atom. The predicted molar refractivity (Wildman–Crippen MR) is 165 cm³/mol. The van der Waals surface area contributed by atoms with Gasteiger partial charge in [0.25, 0.3) is 0 Å². The van der Waals surface area contributed by atoms with E-state index in [9.17, 15) is 18.0 Å². The van der Waals surface area contributed by atoms with Crippen LogP contribution in [0.4, 0.5) is 5.69 Å². The van der Waals surface area contributed by atoms with Crippen LogP contribution in [-0.2, 0) is 26.2 Å². The second-order valence-corrected chi connectivity index (χ2v) is 13.1. The predicted octanol–water partition coefficient (Wildman–Crippen LogP) is 6.19. The lowest BCUT2D eigenvalue weighted by Gasteiger charge is -2.33. The monoisotopic (exact) mass is 625 g/mol. The van der Waals surface area contributed by atoms with Crippen molar-refractivity contribution in [3.8, 4) is 5.75 Å². The average Bonchev–Trinajstić information content (AvgIpc) is 2.93. The number of nitrogens with one attached hydrogen (secondary N) is 1. The summed E-state index contributed by atoms with van der Waals surface area (Å²) >= 11 is 12.3. The number of ether oxygens (including phenoxy) is 1. The van der Waals surface area contributed by atoms with Gasteiger partial charge < -0.3 is 15.0 Å². The zero-order valence-electron chi connectivity index (χ0n) is 24.1. The summed E-state index contributed by atoms with van der Waals surface area (Å²) in [5, 5.41) is 3.94. The lowest BCUT2D eigenvalue weighted by Crippen LogP contribution is -2.51. The Balaban J connectivity index is 1.76. The van der Waals surface area contributed by atoms with Crippen LogP contribution in [0, 0.1) is 0 Å². The van der Waals surface area contributed by atoms with Gasteiger partial charge >= 0.3 is 0 Å². The number of carbonyl (C=O) groups is 2. The number of hydrogen-bond acceptors (Lipinski definition) is 5. The van der Waals surface area contributed by atoms with Crippen molar-refractivity contribution in [3.63, 3.8) is 0 Å². The van der Waals surface area contributed by atoms with Crippen molar-refractivity contribution in [2.45, 2.75) is 83.8 Å². The number of sulfonamides is 1. The molecular weight excluding hydrogens is 585 g/mol. The van der Waals surface area contributed by atoms with Crippen molar-refractivity contribution < 1.29 is 22.7 Å². The molecule has 2 aromatic rings. The third-order valence-electron chi connectivity index (χ3n) is 7.26. The highest BCUT2D eigenvalue weighted by molar-refractivity contribution is 7.92. The topological polar surface area (TPSA) is 96.0 Å². The molecule has 2 aromatic carbocycles. The van der Waals surface area contributed by atoms with Gasteiger partial charge in [0, 0.05) is 25.6 Å². The number of nitrogens with zero attached hydrogens (tertiary/aromatic N) is 2. The van der Waals surface area contributed by atoms with Crippen LogP contribution in [0.1, 0.15) is 70.8 Å². The number of carbonyl (C=O) groups excluding carboxylic acids is 2. The van der Waals surface area contributed by atoms with E-state index in [1.54, 1.807) is 47.4 Å². The quantitative estimate of drug-likeness (QED) is 0.270. The summed E-state index contributed by atoms with van der Waals surface area (Å²) in [5.41, 5.74) is 1.25. The smallest absolute Gasteiger partial charge is 0.243 e. The minimum absolute atomic E-state index is 0.0670. The third kappa shape index (κ3) is 9.79. The van der Waals surface area contributed by atoms with E-state index in [-0.39, 0.29) is 43.8 Å². The number of anilines is 1. The molecule has 0 saturated heterocycles. The Hall–Kier alpha value is -2.49. The molecule has 0 radical (unpaired) electrons. The van der Waals surface area contributed by atoms with E-state index in [4.69, 9.17) is 27.9 Å². The molecule has 1 aliphatic rings. The second kappa shape index (κ2) is 15.7. The lowest BCUT2D eigenvalue weighted by molar-refractivity contribution is -0.141. The average molecular weight is 627 g/mol. The number of amides is 2. The lowest BCUT2D eigenvalue weighted by atomic mass is 9.95. The zero-order valence-corrected chi connectivity index (χ0v) is 26.4. The number of benzene rings is 2. The van der Waals surface area contributed by atoms with Gasteiger partial charge in [0.2, 0.25) is 21.8 Å². The van der Waals surface area contributed by atoms with Crippen molar-refractivity contribution in [1.29, 1.82) is 0 Å². The van der Waals surface area contributed by atoms with Gasteiger partial charge in [-0.25, -0.2) is 8.42 Å². The molecule has 1 saturated carbocycles. The van der Waals surface area contributed by atoms with E-state index in [1.165, 1.54) is 10.7 Å². The first-order valence-electron chi connectivity index (χ1n) is 14.3. The largest absolute Gasteiger partial charge is 0.494 e. The highest BCUT2D eigenvalue weighted by Gasteiger charge is 2.30. The van der Waals surface area contributed by atoms with Crippen LogP contribution in [-0.4, -0.2) is 56.6 Å². The molecule has 0 aromatic heterocycles. The normalized spacial score (nSPS) is 14.8. The summed E-state index contributed by atoms with van der Waals surface area (Å²) in [7, 11) is -3.59. The molecule has 1 aliphatic carbocycles. The molecule has 1 unspecified atom stereocenters. The molecule has 0 aliphatic heterocycles. The standard InChI is InChI=1S/C30H41Cl2N3O5S/c1-4-28(30(37)33-23-10-7-6-8-11-23)34(21-22-13-18-26(31)27(32)20-22)29(36)12-9-19-35(41(3,38)39)24-14-16-25(17-15-24)40-5-2/h13-18,20,23,28H,4-12,19,21H2,1-3H3,(H,33,37). The van der Waals surface area contributed by atoms with Crippen LogP contribution < -0.4 is 14.4 Å². The number of hydrogen-bond donors (Lipinski definition) is 1. The van der Waals surface area contributed by atoms with Crippen LogP contribution in [0.5, 0.6) is 5.75 Å². The summed E-state index contributed by atoms with van der Waals surface area (Å²) in [5.74, 6) is 0.247. The molecule has 1 N–H and O–H groups in total. The van der Waals surface area contributed by atoms with Gasteiger partial charge in [-0.15, -0.1) is 0 Å². The summed E-state index contributed by atoms with van der Waals surface area (Å²) < 4.78 is 32.0. The molecule has 0 spiro atoms. The highest BCUT2D eigenvalue weighted by atomic mass is 35.5. The SMILES string of the molecule is CCOc1ccc(N(CCCC(=O)N(Cc2ccc(Cl)c(Cl)c2)C(CC)C(=O)NC2CCCCC2)S(C)(=O)=O)cc1. The van der Waals surface area contributed by atoms with Crippen molar-refractivity contribution >= 4 is 50.7 Å². The van der Waals surface area contributed by atoms with E-state index < -0.39 is 16.1 Å². The van der Waals surface area contributed by atoms with Crippen LogP contribution in [0.2, 0.25) is 10.0 Å². The van der Waals surface area contributed by atoms with Gasteiger partial charge in [0.05, 0.1) is 28.6 Å². The molecule has 11 heteroatoms. The Kier molecular flexibility index (Phi) is 12.6. The van der Waals surface area contributed by atoms with Crippen molar-refractivity contribution in [1.82, 2.24) is 10.2 Å². The first kappa shape index (κ1) is 33.0. The van der Waals surface area contributed by atoms with E-state index >= 15 is 0 Å². The van der Waals surface area contributed by atoms with Crippen LogP contribution >= 0.6 is 23.2 Å². The Morgan fingerprint density at radius 3 is 2.29 bits per heavy atom. The maximum atomic E-state index is 13.7. The fourth-order valence-electron chi connectivity index (χ4n) is 5.18. The third-order valence-corrected chi connectivity index (χ3v) is 9.20. The van der Waals surface area contributed by atoms with Gasteiger partial charge in [0.1, 0.15) is 11.8 Å². The molecule has 0 bridgehead atoms. The van der Waals surface area contributed by atoms with E-state index in [0.717, 1.165) is 37.5 Å². The van der Waals surface area contributed by atoms with Crippen molar-refractivity contribution in [2.75, 3.05) is 23.7 Å². The minimum Gasteiger partial charge on any atom is -0.494 e. The molecule has 41 heavy (non-hydrogen) atoms. The van der Waals surface area contributed by atoms with Gasteiger partial charge in [-0.05, 0) is 74.6 Å². The summed E-state index contributed by atoms with van der Waals surface area (Å²) in [4.78, 5) is 28.7. The molecule has 226 valence electrons. The fourth-order valence-corrected chi connectivity index (χ4v) is 6.46. The van der Waals surface area contributed by atoms with E-state index in [1.807, 2.05) is 13.8 Å². The van der Waals surface area contributed by atoms with Gasteiger partial charge in [0.15, 0.2) is 0 Å². The molecule has 0 heterocycles. The minimum atomic E-state index is -3.59. The summed E-state index contributed by atoms with van der Waals surface area (Å²) in [6.07, 6.45) is 7.14. The van der Waals surface area contributed by atoms with Crippen LogP contribution in [0.15, 0.2) is 42.5 Å². The molecule has 1 atom stereocenters. The van der Waals surface area contributed by atoms with Gasteiger partial charge in [-0.2, -0.15) is 0 Å². The molecule has 8 nitrogen and oxygen atoms in total. The maximum Gasteiger partial charge on any atom is 0.243 e. The molecule has 1 fully saturated rings. The number of halogens is 2. The molecule has 3 rings (SSSR count). The Labute approximate surface area is 254 Å². The van der Waals surface area contributed by atoms with E-state index in [2.05, 4.69) is 5.32 Å². The Bertz CT molecular complexity index is 1270. The van der Waals surface area contributed by atoms with Gasteiger partial charge in [-0.1, -0.05) is 55.5 Å². The molecule has 2 amide bonds. The van der Waals surface area contributed by atoms with E-state index in [0.29, 0.717) is 34.5 Å². The fraction of sp³-hybridized carbons (Fsp3) is 0.533. The summed E-state index contributed by atoms with van der Waals surface area (Å²) in [6, 6.07) is 11.4. The summed E-state index contributed by atoms with van der Waals surface area (Å²) in [6.45, 7) is 4.57. The zero-order chi connectivity index (χ0) is 30.0. The Morgan fingerprint density at radius 2 is 1.71 bits per heavy atom. The van der Waals surface area contributed by atoms with Crippen molar-refractivity contribution in [2.24, 2.45) is 0 Å². The van der Waals surface area contributed by atoms with Crippen molar-refractivity contribution in [3.05, 3.63) is 58.1 Å².